The van der Waals surface area contributed by atoms with Gasteiger partial charge in [0, 0.05) is 22.0 Å². The van der Waals surface area contributed by atoms with Gasteiger partial charge >= 0.3 is 0 Å². The average molecular weight is 301 g/mol. The highest BCUT2D eigenvalue weighted by atomic mass is 32.1. The maximum absolute atomic E-state index is 12.1. The monoisotopic (exact) mass is 301 g/mol. The Kier molecular flexibility index (Phi) is 5.32. The van der Waals surface area contributed by atoms with Crippen LogP contribution in [0.4, 0.5) is 0 Å². The Labute approximate surface area is 127 Å². The summed E-state index contributed by atoms with van der Waals surface area (Å²) in [6, 6.07) is 3.57. The molecule has 0 radical (unpaired) electrons. The van der Waals surface area contributed by atoms with Crippen molar-refractivity contribution in [1.82, 2.24) is 10.3 Å². The van der Waals surface area contributed by atoms with E-state index in [-0.39, 0.29) is 5.91 Å². The van der Waals surface area contributed by atoms with E-state index in [1.807, 2.05) is 11.4 Å². The zero-order valence-electron chi connectivity index (χ0n) is 11.6. The number of nitrogens with zero attached hydrogens (tertiary/aromatic N) is 1. The maximum Gasteiger partial charge on any atom is 0.255 e. The molecule has 6 heteroatoms. The first kappa shape index (κ1) is 15.0. The zero-order chi connectivity index (χ0) is 15.1. The summed E-state index contributed by atoms with van der Waals surface area (Å²) in [5.74, 6) is 6.01. The number of hydrogen-bond acceptors (Lipinski definition) is 5. The van der Waals surface area contributed by atoms with Gasteiger partial charge in [0.25, 0.3) is 5.91 Å². The lowest BCUT2D eigenvalue weighted by Gasteiger charge is -2.07. The van der Waals surface area contributed by atoms with Gasteiger partial charge in [-0.15, -0.1) is 11.3 Å². The number of pyridine rings is 1. The summed E-state index contributed by atoms with van der Waals surface area (Å²) in [5, 5.41) is 4.79. The van der Waals surface area contributed by atoms with Gasteiger partial charge in [-0.3, -0.25) is 9.78 Å². The highest BCUT2D eigenvalue weighted by molar-refractivity contribution is 7.10. The Morgan fingerprint density at radius 1 is 1.57 bits per heavy atom. The second kappa shape index (κ2) is 7.43. The summed E-state index contributed by atoms with van der Waals surface area (Å²) < 4.78 is 5.12. The molecular formula is C15H15N3O2S. The van der Waals surface area contributed by atoms with Crippen molar-refractivity contribution in [2.45, 2.75) is 6.54 Å². The van der Waals surface area contributed by atoms with Crippen LogP contribution in [0.1, 0.15) is 20.8 Å². The van der Waals surface area contributed by atoms with Crippen LogP contribution in [0.25, 0.3) is 0 Å². The van der Waals surface area contributed by atoms with E-state index in [1.165, 1.54) is 13.3 Å². The first-order chi connectivity index (χ1) is 10.2. The number of methoxy groups -OCH3 is 1. The minimum absolute atomic E-state index is 0.197. The van der Waals surface area contributed by atoms with E-state index in [0.29, 0.717) is 24.4 Å². The lowest BCUT2D eigenvalue weighted by atomic mass is 10.2. The summed E-state index contributed by atoms with van der Waals surface area (Å²) >= 11 is 1.55. The number of carbonyl (C=O) groups excluding carboxylic acids is 1. The third-order valence-electron chi connectivity index (χ3n) is 2.66. The molecule has 2 aromatic heterocycles. The number of ether oxygens (including phenoxy) is 1. The Balaban J connectivity index is 1.99. The zero-order valence-corrected chi connectivity index (χ0v) is 12.4. The fourth-order valence-corrected chi connectivity index (χ4v) is 2.44. The molecule has 0 atom stereocenters. The number of hydrogen-bond donors (Lipinski definition) is 2. The first-order valence-electron chi connectivity index (χ1n) is 6.27. The summed E-state index contributed by atoms with van der Waals surface area (Å²) in [7, 11) is 1.51. The lowest BCUT2D eigenvalue weighted by Crippen LogP contribution is -2.22. The van der Waals surface area contributed by atoms with Crippen molar-refractivity contribution in [2.24, 2.45) is 5.73 Å². The normalized spacial score (nSPS) is 9.62. The Morgan fingerprint density at radius 3 is 3.19 bits per heavy atom. The summed E-state index contributed by atoms with van der Waals surface area (Å²) in [6.07, 6.45) is 3.07. The fraction of sp³-hybridized carbons (Fsp3) is 0.200. The largest absolute Gasteiger partial charge is 0.494 e. The molecule has 3 N–H and O–H groups in total. The van der Waals surface area contributed by atoms with Gasteiger partial charge < -0.3 is 15.8 Å². The molecule has 0 fully saturated rings. The molecule has 0 unspecified atom stereocenters. The van der Waals surface area contributed by atoms with Crippen molar-refractivity contribution in [3.63, 3.8) is 0 Å². The molecule has 108 valence electrons. The smallest absolute Gasteiger partial charge is 0.255 e. The second-order valence-corrected chi connectivity index (χ2v) is 5.06. The molecule has 0 spiro atoms. The van der Waals surface area contributed by atoms with Gasteiger partial charge in [-0.25, -0.2) is 0 Å². The molecule has 0 saturated heterocycles. The minimum Gasteiger partial charge on any atom is -0.494 e. The number of amides is 1. The van der Waals surface area contributed by atoms with Crippen LogP contribution >= 0.6 is 11.3 Å². The van der Waals surface area contributed by atoms with Gasteiger partial charge in [0.15, 0.2) is 0 Å². The van der Waals surface area contributed by atoms with Gasteiger partial charge in [0.05, 0.1) is 32.0 Å². The van der Waals surface area contributed by atoms with Crippen LogP contribution in [-0.2, 0) is 6.54 Å². The molecular weight excluding hydrogens is 286 g/mol. The van der Waals surface area contributed by atoms with E-state index in [9.17, 15) is 4.79 Å². The molecule has 0 bridgehead atoms. The molecule has 2 rings (SSSR count). The minimum atomic E-state index is -0.197. The maximum atomic E-state index is 12.1. The molecule has 0 aliphatic heterocycles. The van der Waals surface area contributed by atoms with E-state index < -0.39 is 0 Å². The first-order valence-corrected chi connectivity index (χ1v) is 7.15. The van der Waals surface area contributed by atoms with E-state index in [0.717, 1.165) is 10.4 Å². The van der Waals surface area contributed by atoms with E-state index in [4.69, 9.17) is 10.5 Å². The highest BCUT2D eigenvalue weighted by Gasteiger charge is 2.11. The van der Waals surface area contributed by atoms with Gasteiger partial charge in [-0.2, -0.15) is 0 Å². The van der Waals surface area contributed by atoms with E-state index in [1.54, 1.807) is 23.6 Å². The third kappa shape index (κ3) is 4.05. The average Bonchev–Trinajstić information content (AvgIpc) is 2.98. The van der Waals surface area contributed by atoms with Crippen molar-refractivity contribution in [1.29, 1.82) is 0 Å². The summed E-state index contributed by atoms with van der Waals surface area (Å²) in [6.45, 7) is 0.781. The standard InChI is InChI=1S/C15H15N3O2S/c1-20-14-9-17-6-4-13(14)15(19)18-8-12-7-11(10-21-12)3-2-5-16/h4,6-7,9-10H,5,8,16H2,1H3,(H,18,19). The van der Waals surface area contributed by atoms with Gasteiger partial charge in [-0.05, 0) is 12.1 Å². The van der Waals surface area contributed by atoms with Crippen LogP contribution in [-0.4, -0.2) is 24.5 Å². The van der Waals surface area contributed by atoms with Crippen LogP contribution in [0, 0.1) is 11.8 Å². The predicted octanol–water partition coefficient (Wildman–Crippen LogP) is 1.39. The van der Waals surface area contributed by atoms with Crippen molar-refractivity contribution >= 4 is 17.2 Å². The molecule has 21 heavy (non-hydrogen) atoms. The van der Waals surface area contributed by atoms with Crippen LogP contribution in [0.3, 0.4) is 0 Å². The van der Waals surface area contributed by atoms with Crippen LogP contribution in [0.5, 0.6) is 5.75 Å². The van der Waals surface area contributed by atoms with Crippen LogP contribution < -0.4 is 15.8 Å². The Morgan fingerprint density at radius 2 is 2.43 bits per heavy atom. The Bertz CT molecular complexity index is 685. The quantitative estimate of drug-likeness (QED) is 0.837. The SMILES string of the molecule is COc1cnccc1C(=O)NCc1cc(C#CCN)cs1. The third-order valence-corrected chi connectivity index (χ3v) is 3.60. The summed E-state index contributed by atoms with van der Waals surface area (Å²) in [4.78, 5) is 17.1. The topological polar surface area (TPSA) is 77.2 Å². The number of thiophene rings is 1. The van der Waals surface area contributed by atoms with Crippen molar-refractivity contribution in [2.75, 3.05) is 13.7 Å². The van der Waals surface area contributed by atoms with Gasteiger partial charge in [0.1, 0.15) is 5.75 Å². The number of aromatic nitrogens is 1. The Hall–Kier alpha value is -2.36. The number of carbonyl (C=O) groups is 1. The van der Waals surface area contributed by atoms with Crippen molar-refractivity contribution in [3.8, 4) is 17.6 Å². The molecule has 0 saturated carbocycles. The predicted molar refractivity (Wildman–Crippen MR) is 82.2 cm³/mol. The lowest BCUT2D eigenvalue weighted by molar-refractivity contribution is 0.0948. The van der Waals surface area contributed by atoms with Gasteiger partial charge in [0.2, 0.25) is 0 Å². The molecule has 2 aromatic rings. The number of nitrogens with one attached hydrogen (secondary N) is 1. The number of rotatable bonds is 4. The molecule has 5 nitrogen and oxygen atoms in total. The van der Waals surface area contributed by atoms with Gasteiger partial charge in [-0.1, -0.05) is 11.8 Å². The molecule has 2 heterocycles. The van der Waals surface area contributed by atoms with Crippen molar-refractivity contribution < 1.29 is 9.53 Å². The molecule has 0 aromatic carbocycles. The summed E-state index contributed by atoms with van der Waals surface area (Å²) in [5.41, 5.74) is 6.71. The molecule has 0 aliphatic rings. The molecule has 0 aliphatic carbocycles. The number of nitrogens with two attached hydrogens (primary N) is 1. The fourth-order valence-electron chi connectivity index (χ4n) is 1.68. The van der Waals surface area contributed by atoms with Crippen LogP contribution in [0.2, 0.25) is 0 Å². The second-order valence-electron chi connectivity index (χ2n) is 4.07. The molecule has 1 amide bonds. The highest BCUT2D eigenvalue weighted by Crippen LogP contribution is 2.17. The van der Waals surface area contributed by atoms with Crippen LogP contribution in [0.15, 0.2) is 29.9 Å². The van der Waals surface area contributed by atoms with E-state index >= 15 is 0 Å². The van der Waals surface area contributed by atoms with Crippen molar-refractivity contribution in [3.05, 3.63) is 45.9 Å². The van der Waals surface area contributed by atoms with E-state index in [2.05, 4.69) is 22.1 Å².